The molecule has 2 aliphatic rings. The highest BCUT2D eigenvalue weighted by molar-refractivity contribution is 7.87. The molecule has 1 aromatic carbocycles. The number of ether oxygens (including phenoxy) is 1. The van der Waals surface area contributed by atoms with E-state index >= 15 is 0 Å². The zero-order valence-corrected chi connectivity index (χ0v) is 16.5. The third-order valence-electron chi connectivity index (χ3n) is 5.45. The van der Waals surface area contributed by atoms with E-state index in [0.29, 0.717) is 13.1 Å². The molecule has 1 heterocycles. The van der Waals surface area contributed by atoms with Gasteiger partial charge in [-0.25, -0.2) is 0 Å². The normalized spacial score (nSPS) is 20.5. The summed E-state index contributed by atoms with van der Waals surface area (Å²) in [4.78, 5) is 2.36. The maximum absolute atomic E-state index is 12.5. The molecule has 1 saturated carbocycles. The van der Waals surface area contributed by atoms with Gasteiger partial charge in [0, 0.05) is 32.2 Å². The fourth-order valence-corrected chi connectivity index (χ4v) is 5.37. The summed E-state index contributed by atoms with van der Waals surface area (Å²) < 4.78 is 34.9. The van der Waals surface area contributed by atoms with Crippen LogP contribution in [0.2, 0.25) is 0 Å². The molecule has 0 amide bonds. The van der Waals surface area contributed by atoms with Crippen LogP contribution in [-0.4, -0.2) is 63.5 Å². The summed E-state index contributed by atoms with van der Waals surface area (Å²) in [5, 5.41) is 0. The first kappa shape index (κ1) is 19.6. The number of nitrogens with zero attached hydrogens (tertiary/aromatic N) is 2. The van der Waals surface area contributed by atoms with Crippen LogP contribution in [-0.2, 0) is 16.6 Å². The van der Waals surface area contributed by atoms with E-state index in [1.54, 1.807) is 11.4 Å². The largest absolute Gasteiger partial charge is 0.496 e. The number of hydrogen-bond donors (Lipinski definition) is 1. The van der Waals surface area contributed by atoms with Gasteiger partial charge in [0.15, 0.2) is 0 Å². The molecule has 1 aliphatic carbocycles. The molecular weight excluding hydrogens is 350 g/mol. The van der Waals surface area contributed by atoms with Crippen molar-refractivity contribution in [2.75, 3.05) is 39.8 Å². The molecule has 2 fully saturated rings. The molecule has 7 heteroatoms. The van der Waals surface area contributed by atoms with Gasteiger partial charge in [0.2, 0.25) is 0 Å². The summed E-state index contributed by atoms with van der Waals surface area (Å²) in [6.07, 6.45) is 6.24. The summed E-state index contributed by atoms with van der Waals surface area (Å²) in [7, 11) is -1.62. The van der Waals surface area contributed by atoms with Crippen molar-refractivity contribution in [2.45, 2.75) is 44.6 Å². The van der Waals surface area contributed by atoms with Crippen molar-refractivity contribution in [3.05, 3.63) is 29.8 Å². The summed E-state index contributed by atoms with van der Waals surface area (Å²) in [6, 6.07) is 8.27. The highest BCUT2D eigenvalue weighted by atomic mass is 32.2. The van der Waals surface area contributed by atoms with E-state index in [2.05, 4.69) is 15.7 Å². The Morgan fingerprint density at radius 2 is 1.81 bits per heavy atom. The number of piperazine rings is 1. The standard InChI is InChI=1S/C19H31N3O3S/c1-25-19-11-5-2-7-17(19)8-6-12-21-13-15-22(16-14-21)26(23,24)20-18-9-3-4-10-18/h2,5,7,11,18,20H,3-4,6,8-10,12-16H2,1H3. The zero-order chi connectivity index (χ0) is 18.4. The minimum Gasteiger partial charge on any atom is -0.496 e. The van der Waals surface area contributed by atoms with Gasteiger partial charge in [-0.05, 0) is 43.9 Å². The molecular formula is C19H31N3O3S. The molecule has 0 aromatic heterocycles. The van der Waals surface area contributed by atoms with Gasteiger partial charge in [-0.3, -0.25) is 0 Å². The van der Waals surface area contributed by atoms with Crippen LogP contribution in [0.1, 0.15) is 37.7 Å². The third-order valence-corrected chi connectivity index (χ3v) is 7.13. The first-order valence-electron chi connectivity index (χ1n) is 9.70. The molecule has 1 N–H and O–H groups in total. The molecule has 0 unspecified atom stereocenters. The number of methoxy groups -OCH3 is 1. The zero-order valence-electron chi connectivity index (χ0n) is 15.7. The van der Waals surface area contributed by atoms with Crippen molar-refractivity contribution in [1.29, 1.82) is 0 Å². The molecule has 1 aromatic rings. The predicted molar refractivity (Wildman–Crippen MR) is 104 cm³/mol. The van der Waals surface area contributed by atoms with Gasteiger partial charge in [-0.15, -0.1) is 0 Å². The molecule has 0 radical (unpaired) electrons. The lowest BCUT2D eigenvalue weighted by atomic mass is 10.1. The van der Waals surface area contributed by atoms with Gasteiger partial charge in [0.25, 0.3) is 10.2 Å². The number of benzene rings is 1. The molecule has 0 atom stereocenters. The van der Waals surface area contributed by atoms with Gasteiger partial charge in [0.1, 0.15) is 5.75 Å². The van der Waals surface area contributed by atoms with Crippen molar-refractivity contribution in [3.63, 3.8) is 0 Å². The van der Waals surface area contributed by atoms with Gasteiger partial charge in [0.05, 0.1) is 7.11 Å². The molecule has 0 bridgehead atoms. The number of aryl methyl sites for hydroxylation is 1. The molecule has 146 valence electrons. The Morgan fingerprint density at radius 3 is 2.50 bits per heavy atom. The van der Waals surface area contributed by atoms with Crippen molar-refractivity contribution in [1.82, 2.24) is 13.9 Å². The van der Waals surface area contributed by atoms with Crippen LogP contribution in [0.15, 0.2) is 24.3 Å². The first-order valence-corrected chi connectivity index (χ1v) is 11.1. The van der Waals surface area contributed by atoms with E-state index in [-0.39, 0.29) is 6.04 Å². The second-order valence-electron chi connectivity index (χ2n) is 7.26. The Kier molecular flexibility index (Phi) is 6.92. The van der Waals surface area contributed by atoms with Crippen LogP contribution in [0.3, 0.4) is 0 Å². The Bertz CT molecular complexity index is 666. The molecule has 0 spiro atoms. The number of nitrogens with one attached hydrogen (secondary N) is 1. The third kappa shape index (κ3) is 5.19. The fraction of sp³-hybridized carbons (Fsp3) is 0.684. The van der Waals surface area contributed by atoms with E-state index in [4.69, 9.17) is 4.74 Å². The van der Waals surface area contributed by atoms with Crippen LogP contribution in [0.4, 0.5) is 0 Å². The highest BCUT2D eigenvalue weighted by Crippen LogP contribution is 2.20. The molecule has 26 heavy (non-hydrogen) atoms. The smallest absolute Gasteiger partial charge is 0.279 e. The van der Waals surface area contributed by atoms with Gasteiger partial charge in [-0.1, -0.05) is 31.0 Å². The van der Waals surface area contributed by atoms with E-state index in [9.17, 15) is 8.42 Å². The second kappa shape index (κ2) is 9.17. The minimum atomic E-state index is -3.32. The van der Waals surface area contributed by atoms with E-state index < -0.39 is 10.2 Å². The Hall–Kier alpha value is -1.15. The van der Waals surface area contributed by atoms with Crippen molar-refractivity contribution >= 4 is 10.2 Å². The lowest BCUT2D eigenvalue weighted by molar-refractivity contribution is 0.185. The SMILES string of the molecule is COc1ccccc1CCCN1CCN(S(=O)(=O)NC2CCCC2)CC1. The maximum Gasteiger partial charge on any atom is 0.279 e. The van der Waals surface area contributed by atoms with Crippen molar-refractivity contribution in [2.24, 2.45) is 0 Å². The number of hydrogen-bond acceptors (Lipinski definition) is 4. The van der Waals surface area contributed by atoms with E-state index in [0.717, 1.165) is 63.9 Å². The molecule has 6 nitrogen and oxygen atoms in total. The van der Waals surface area contributed by atoms with E-state index in [1.165, 1.54) is 5.56 Å². The number of rotatable bonds is 8. The summed E-state index contributed by atoms with van der Waals surface area (Å²) >= 11 is 0. The summed E-state index contributed by atoms with van der Waals surface area (Å²) in [5.74, 6) is 0.946. The molecule has 1 aliphatic heterocycles. The van der Waals surface area contributed by atoms with Gasteiger partial charge >= 0.3 is 0 Å². The van der Waals surface area contributed by atoms with E-state index in [1.807, 2.05) is 18.2 Å². The van der Waals surface area contributed by atoms with Crippen LogP contribution in [0, 0.1) is 0 Å². The molecule has 1 saturated heterocycles. The second-order valence-corrected chi connectivity index (χ2v) is 8.96. The average molecular weight is 382 g/mol. The monoisotopic (exact) mass is 381 g/mol. The van der Waals surface area contributed by atoms with Crippen LogP contribution in [0.25, 0.3) is 0 Å². The Labute approximate surface area is 157 Å². The topological polar surface area (TPSA) is 61.9 Å². The molecule has 3 rings (SSSR count). The Balaban J connectivity index is 1.41. The lowest BCUT2D eigenvalue weighted by Gasteiger charge is -2.34. The summed E-state index contributed by atoms with van der Waals surface area (Å²) in [6.45, 7) is 3.75. The minimum absolute atomic E-state index is 0.138. The lowest BCUT2D eigenvalue weighted by Crippen LogP contribution is -2.53. The van der Waals surface area contributed by atoms with Crippen molar-refractivity contribution < 1.29 is 13.2 Å². The van der Waals surface area contributed by atoms with Crippen LogP contribution < -0.4 is 9.46 Å². The maximum atomic E-state index is 12.5. The fourth-order valence-electron chi connectivity index (χ4n) is 3.92. The number of para-hydroxylation sites is 1. The van der Waals surface area contributed by atoms with Crippen LogP contribution >= 0.6 is 0 Å². The predicted octanol–water partition coefficient (Wildman–Crippen LogP) is 2.02. The average Bonchev–Trinajstić information content (AvgIpc) is 3.15. The van der Waals surface area contributed by atoms with Gasteiger partial charge < -0.3 is 9.64 Å². The van der Waals surface area contributed by atoms with Crippen molar-refractivity contribution in [3.8, 4) is 5.75 Å². The highest BCUT2D eigenvalue weighted by Gasteiger charge is 2.29. The summed E-state index contributed by atoms with van der Waals surface area (Å²) in [5.41, 5.74) is 1.23. The quantitative estimate of drug-likeness (QED) is 0.748. The Morgan fingerprint density at radius 1 is 1.12 bits per heavy atom. The first-order chi connectivity index (χ1) is 12.6. The van der Waals surface area contributed by atoms with Crippen LogP contribution in [0.5, 0.6) is 5.75 Å². The van der Waals surface area contributed by atoms with Gasteiger partial charge in [-0.2, -0.15) is 17.4 Å².